The molecule has 2 rings (SSSR count). The second-order valence-corrected chi connectivity index (χ2v) is 5.84. The van der Waals surface area contributed by atoms with Gasteiger partial charge in [-0.05, 0) is 25.3 Å². The monoisotopic (exact) mass is 334 g/mol. The van der Waals surface area contributed by atoms with Gasteiger partial charge in [-0.15, -0.1) is 0 Å². The molecule has 114 valence electrons. The fourth-order valence-corrected chi connectivity index (χ4v) is 2.32. The van der Waals surface area contributed by atoms with Gasteiger partial charge in [-0.2, -0.15) is 5.26 Å². The topological polar surface area (TPSA) is 81.8 Å². The third-order valence-corrected chi connectivity index (χ3v) is 3.67. The summed E-state index contributed by atoms with van der Waals surface area (Å²) in [6, 6.07) is 9.27. The Balaban J connectivity index is 2.54. The average Bonchev–Trinajstić information content (AvgIpc) is 2.52. The van der Waals surface area contributed by atoms with Crippen molar-refractivity contribution >= 4 is 29.2 Å². The smallest absolute Gasteiger partial charge is 0.189 e. The largest absolute Gasteiger partial charge is 0.392 e. The molecule has 0 aliphatic heterocycles. The highest BCUT2D eigenvalue weighted by molar-refractivity contribution is 7.98. The predicted molar refractivity (Wildman–Crippen MR) is 89.1 cm³/mol. The molecular formula is C15H15ClN4OS. The summed E-state index contributed by atoms with van der Waals surface area (Å²) in [5.41, 5.74) is 1.69. The molecule has 1 atom stereocenters. The van der Waals surface area contributed by atoms with Crippen molar-refractivity contribution in [1.82, 2.24) is 9.97 Å². The van der Waals surface area contributed by atoms with Gasteiger partial charge in [-0.3, -0.25) is 0 Å². The van der Waals surface area contributed by atoms with Crippen molar-refractivity contribution in [2.75, 3.05) is 18.1 Å². The number of hydrogen-bond acceptors (Lipinski definition) is 6. The van der Waals surface area contributed by atoms with Crippen LogP contribution in [0.3, 0.4) is 0 Å². The van der Waals surface area contributed by atoms with Gasteiger partial charge in [0.25, 0.3) is 0 Å². The van der Waals surface area contributed by atoms with Crippen LogP contribution in [-0.2, 0) is 0 Å². The first kappa shape index (κ1) is 16.6. The Bertz CT molecular complexity index is 698. The molecule has 0 radical (unpaired) electrons. The number of aromatic nitrogens is 2. The summed E-state index contributed by atoms with van der Waals surface area (Å²) in [5, 5.41) is 23.1. The molecule has 0 aliphatic rings. The summed E-state index contributed by atoms with van der Waals surface area (Å²) < 4.78 is 0. The Kier molecular flexibility index (Phi) is 5.61. The average molecular weight is 335 g/mol. The second-order valence-electron chi connectivity index (χ2n) is 4.63. The van der Waals surface area contributed by atoms with E-state index in [-0.39, 0.29) is 0 Å². The molecule has 5 nitrogen and oxygen atoms in total. The highest BCUT2D eigenvalue weighted by Gasteiger charge is 2.16. The lowest BCUT2D eigenvalue weighted by molar-refractivity contribution is 0.208. The van der Waals surface area contributed by atoms with Crippen molar-refractivity contribution in [1.29, 1.82) is 5.26 Å². The van der Waals surface area contributed by atoms with Crippen LogP contribution in [0.1, 0.15) is 12.5 Å². The summed E-state index contributed by atoms with van der Waals surface area (Å²) in [6.07, 6.45) is 1.32. The molecule has 0 saturated heterocycles. The van der Waals surface area contributed by atoms with Gasteiger partial charge in [0.15, 0.2) is 5.16 Å². The third-order valence-electron chi connectivity index (χ3n) is 2.87. The Morgan fingerprint density at radius 1 is 1.36 bits per heavy atom. The zero-order valence-electron chi connectivity index (χ0n) is 12.2. The van der Waals surface area contributed by atoms with E-state index in [1.54, 1.807) is 19.1 Å². The van der Waals surface area contributed by atoms with Crippen LogP contribution < -0.4 is 5.32 Å². The molecule has 7 heteroatoms. The van der Waals surface area contributed by atoms with Gasteiger partial charge >= 0.3 is 0 Å². The highest BCUT2D eigenvalue weighted by Crippen LogP contribution is 2.29. The first-order chi connectivity index (χ1) is 10.5. The minimum Gasteiger partial charge on any atom is -0.392 e. The molecule has 0 amide bonds. The van der Waals surface area contributed by atoms with Gasteiger partial charge in [0, 0.05) is 17.1 Å². The van der Waals surface area contributed by atoms with Crippen molar-refractivity contribution in [3.8, 4) is 17.3 Å². The van der Waals surface area contributed by atoms with Crippen molar-refractivity contribution in [3.63, 3.8) is 0 Å². The van der Waals surface area contributed by atoms with Crippen LogP contribution in [0, 0.1) is 11.3 Å². The van der Waals surface area contributed by atoms with E-state index in [1.807, 2.05) is 18.4 Å². The van der Waals surface area contributed by atoms with E-state index >= 15 is 0 Å². The van der Waals surface area contributed by atoms with E-state index in [1.165, 1.54) is 11.8 Å². The van der Waals surface area contributed by atoms with Crippen molar-refractivity contribution < 1.29 is 5.11 Å². The number of rotatable bonds is 5. The van der Waals surface area contributed by atoms with E-state index in [4.69, 9.17) is 11.6 Å². The van der Waals surface area contributed by atoms with Crippen LogP contribution in [0.5, 0.6) is 0 Å². The molecular weight excluding hydrogens is 320 g/mol. The zero-order valence-corrected chi connectivity index (χ0v) is 13.7. The van der Waals surface area contributed by atoms with E-state index in [9.17, 15) is 10.4 Å². The van der Waals surface area contributed by atoms with Gasteiger partial charge in [-0.25, -0.2) is 9.97 Å². The molecule has 1 aromatic carbocycles. The van der Waals surface area contributed by atoms with Gasteiger partial charge in [0.1, 0.15) is 17.5 Å². The molecule has 2 N–H and O–H groups in total. The van der Waals surface area contributed by atoms with E-state index in [0.29, 0.717) is 33.8 Å². The number of hydrogen-bond donors (Lipinski definition) is 2. The summed E-state index contributed by atoms with van der Waals surface area (Å²) in [5.74, 6) is 0.424. The fraction of sp³-hybridized carbons (Fsp3) is 0.267. The summed E-state index contributed by atoms with van der Waals surface area (Å²) in [6.45, 7) is 1.97. The standard InChI is InChI=1S/C15H15ClN4OS/c1-9(21)8-18-14-12(7-17)13(19-15(20-14)22-2)10-3-5-11(16)6-4-10/h3-6,9,21H,8H2,1-2H3,(H,18,19,20). The third kappa shape index (κ3) is 3.89. The zero-order chi connectivity index (χ0) is 16.1. The summed E-state index contributed by atoms with van der Waals surface area (Å²) >= 11 is 7.29. The predicted octanol–water partition coefficient (Wildman–Crippen LogP) is 3.18. The van der Waals surface area contributed by atoms with Crippen LogP contribution in [-0.4, -0.2) is 34.0 Å². The molecule has 0 spiro atoms. The van der Waals surface area contributed by atoms with Crippen LogP contribution in [0.4, 0.5) is 5.82 Å². The van der Waals surface area contributed by atoms with E-state index in [2.05, 4.69) is 21.4 Å². The fourth-order valence-electron chi connectivity index (χ4n) is 1.83. The number of nitriles is 1. The van der Waals surface area contributed by atoms with Crippen molar-refractivity contribution in [2.45, 2.75) is 18.2 Å². The maximum Gasteiger partial charge on any atom is 0.189 e. The minimum atomic E-state index is -0.543. The molecule has 0 fully saturated rings. The summed E-state index contributed by atoms with van der Waals surface area (Å²) in [7, 11) is 0. The van der Waals surface area contributed by atoms with Gasteiger partial charge in [0.2, 0.25) is 0 Å². The summed E-state index contributed by atoms with van der Waals surface area (Å²) in [4.78, 5) is 8.75. The lowest BCUT2D eigenvalue weighted by Crippen LogP contribution is -2.17. The van der Waals surface area contributed by atoms with Crippen molar-refractivity contribution in [2.24, 2.45) is 0 Å². The first-order valence-corrected chi connectivity index (χ1v) is 8.19. The molecule has 2 aromatic rings. The Labute approximate surface area is 138 Å². The van der Waals surface area contributed by atoms with Crippen LogP contribution >= 0.6 is 23.4 Å². The number of nitrogens with zero attached hydrogens (tertiary/aromatic N) is 3. The SMILES string of the molecule is CSc1nc(NCC(C)O)c(C#N)c(-c2ccc(Cl)cc2)n1. The molecule has 0 saturated carbocycles. The number of anilines is 1. The minimum absolute atomic E-state index is 0.305. The number of aliphatic hydroxyl groups is 1. The van der Waals surface area contributed by atoms with Gasteiger partial charge in [-0.1, -0.05) is 35.5 Å². The number of nitrogens with one attached hydrogen (secondary N) is 1. The molecule has 22 heavy (non-hydrogen) atoms. The number of thioether (sulfide) groups is 1. The number of benzene rings is 1. The lowest BCUT2D eigenvalue weighted by Gasteiger charge is -2.13. The highest BCUT2D eigenvalue weighted by atomic mass is 35.5. The van der Waals surface area contributed by atoms with Gasteiger partial charge < -0.3 is 10.4 Å². The molecule has 1 aromatic heterocycles. The molecule has 1 unspecified atom stereocenters. The Hall–Kier alpha value is -1.81. The van der Waals surface area contributed by atoms with Gasteiger partial charge in [0.05, 0.1) is 11.8 Å². The van der Waals surface area contributed by atoms with Crippen LogP contribution in [0.2, 0.25) is 5.02 Å². The normalized spacial score (nSPS) is 11.8. The molecule has 1 heterocycles. The van der Waals surface area contributed by atoms with E-state index < -0.39 is 6.10 Å². The van der Waals surface area contributed by atoms with Crippen LogP contribution in [0.25, 0.3) is 11.3 Å². The number of aliphatic hydroxyl groups excluding tert-OH is 1. The van der Waals surface area contributed by atoms with Crippen molar-refractivity contribution in [3.05, 3.63) is 34.9 Å². The Morgan fingerprint density at radius 2 is 2.05 bits per heavy atom. The first-order valence-electron chi connectivity index (χ1n) is 6.59. The molecule has 0 aliphatic carbocycles. The number of halogens is 1. The quantitative estimate of drug-likeness (QED) is 0.645. The Morgan fingerprint density at radius 3 is 2.59 bits per heavy atom. The van der Waals surface area contributed by atoms with Crippen LogP contribution in [0.15, 0.2) is 29.4 Å². The maximum atomic E-state index is 9.48. The maximum absolute atomic E-state index is 9.48. The second kappa shape index (κ2) is 7.45. The van der Waals surface area contributed by atoms with E-state index in [0.717, 1.165) is 5.56 Å². The molecule has 0 bridgehead atoms. The lowest BCUT2D eigenvalue weighted by atomic mass is 10.1.